The molecule has 3 rings (SSSR count). The topological polar surface area (TPSA) is 79.4 Å². The maximum Gasteiger partial charge on any atom is 0.245 e. The van der Waals surface area contributed by atoms with Crippen LogP contribution in [-0.2, 0) is 14.8 Å². The lowest BCUT2D eigenvalue weighted by atomic mass is 10.2. The van der Waals surface area contributed by atoms with E-state index in [0.717, 1.165) is 9.87 Å². The van der Waals surface area contributed by atoms with Crippen LogP contribution in [0.15, 0.2) is 59.6 Å². The number of sulfonamides is 1. The van der Waals surface area contributed by atoms with Gasteiger partial charge in [-0.1, -0.05) is 35.9 Å². The molecule has 6 nitrogen and oxygen atoms in total. The molecule has 27 heavy (non-hydrogen) atoms. The molecule has 0 spiro atoms. The van der Waals surface area contributed by atoms with E-state index < -0.39 is 15.9 Å². The normalized spacial score (nSPS) is 11.7. The van der Waals surface area contributed by atoms with Crippen molar-refractivity contribution in [2.45, 2.75) is 11.8 Å². The van der Waals surface area contributed by atoms with Crippen LogP contribution in [0, 0.1) is 6.92 Å². The molecule has 0 atom stereocenters. The predicted octanol–water partition coefficient (Wildman–Crippen LogP) is 3.46. The van der Waals surface area contributed by atoms with Gasteiger partial charge >= 0.3 is 0 Å². The maximum atomic E-state index is 12.9. The molecule has 0 aliphatic carbocycles. The zero-order valence-corrected chi connectivity index (χ0v) is 16.4. The summed E-state index contributed by atoms with van der Waals surface area (Å²) < 4.78 is 26.8. The summed E-state index contributed by atoms with van der Waals surface area (Å²) >= 11 is 6.05. The first-order valence-electron chi connectivity index (χ1n) is 8.15. The van der Waals surface area contributed by atoms with Crippen molar-refractivity contribution in [3.8, 4) is 0 Å². The number of aryl methyl sites for hydroxylation is 1. The molecule has 2 aromatic carbocycles. The van der Waals surface area contributed by atoms with Crippen molar-refractivity contribution >= 4 is 44.1 Å². The number of nitrogens with zero attached hydrogens (tertiary/aromatic N) is 2. The number of carbonyl (C=O) groups is 1. The van der Waals surface area contributed by atoms with Crippen molar-refractivity contribution < 1.29 is 13.2 Å². The van der Waals surface area contributed by atoms with E-state index in [9.17, 15) is 13.2 Å². The average molecular weight is 404 g/mol. The Kier molecular flexibility index (Phi) is 5.46. The minimum Gasteiger partial charge on any atom is -0.325 e. The van der Waals surface area contributed by atoms with Crippen LogP contribution in [0.3, 0.4) is 0 Å². The molecule has 0 fully saturated rings. The smallest absolute Gasteiger partial charge is 0.245 e. The van der Waals surface area contributed by atoms with E-state index in [2.05, 4.69) is 10.3 Å². The summed E-state index contributed by atoms with van der Waals surface area (Å²) in [6.07, 6.45) is 1.54. The Hall–Kier alpha value is -2.48. The molecular weight excluding hydrogens is 386 g/mol. The van der Waals surface area contributed by atoms with E-state index in [1.54, 1.807) is 42.5 Å². The summed E-state index contributed by atoms with van der Waals surface area (Å²) in [4.78, 5) is 16.5. The molecule has 1 heterocycles. The van der Waals surface area contributed by atoms with Gasteiger partial charge in [0.25, 0.3) is 0 Å². The molecule has 1 aromatic heterocycles. The first-order valence-corrected chi connectivity index (χ1v) is 9.97. The lowest BCUT2D eigenvalue weighted by Gasteiger charge is -2.18. The van der Waals surface area contributed by atoms with Gasteiger partial charge in [-0.2, -0.15) is 4.31 Å². The van der Waals surface area contributed by atoms with Crippen molar-refractivity contribution in [3.63, 3.8) is 0 Å². The van der Waals surface area contributed by atoms with Crippen LogP contribution in [0.25, 0.3) is 10.9 Å². The minimum atomic E-state index is -3.88. The van der Waals surface area contributed by atoms with Crippen LogP contribution in [0.5, 0.6) is 0 Å². The van der Waals surface area contributed by atoms with Gasteiger partial charge in [0.15, 0.2) is 0 Å². The van der Waals surface area contributed by atoms with E-state index in [1.807, 2.05) is 6.92 Å². The molecule has 3 aromatic rings. The van der Waals surface area contributed by atoms with Gasteiger partial charge in [-0.15, -0.1) is 0 Å². The van der Waals surface area contributed by atoms with E-state index in [4.69, 9.17) is 11.6 Å². The fourth-order valence-corrected chi connectivity index (χ4v) is 4.08. The lowest BCUT2D eigenvalue weighted by Crippen LogP contribution is -2.35. The van der Waals surface area contributed by atoms with Crippen LogP contribution in [-0.4, -0.2) is 37.2 Å². The number of fused-ring (bicyclic) bond motifs is 1. The van der Waals surface area contributed by atoms with E-state index in [-0.39, 0.29) is 11.4 Å². The lowest BCUT2D eigenvalue weighted by molar-refractivity contribution is -0.116. The molecule has 0 aliphatic rings. The molecule has 0 saturated carbocycles. The number of amides is 1. The van der Waals surface area contributed by atoms with Gasteiger partial charge in [-0.05, 0) is 36.8 Å². The number of hydrogen-bond donors (Lipinski definition) is 1. The van der Waals surface area contributed by atoms with Crippen LogP contribution >= 0.6 is 11.6 Å². The third-order valence-electron chi connectivity index (χ3n) is 4.11. The molecule has 0 bridgehead atoms. The molecule has 0 saturated heterocycles. The Labute approximate surface area is 162 Å². The first kappa shape index (κ1) is 19.3. The van der Waals surface area contributed by atoms with Crippen molar-refractivity contribution in [1.29, 1.82) is 0 Å². The van der Waals surface area contributed by atoms with Crippen molar-refractivity contribution in [2.24, 2.45) is 0 Å². The van der Waals surface area contributed by atoms with E-state index >= 15 is 0 Å². The number of anilines is 1. The van der Waals surface area contributed by atoms with Crippen LogP contribution in [0.1, 0.15) is 5.56 Å². The zero-order valence-electron chi connectivity index (χ0n) is 14.8. The Balaban J connectivity index is 1.80. The average Bonchev–Trinajstić information content (AvgIpc) is 2.64. The van der Waals surface area contributed by atoms with Gasteiger partial charge in [0.05, 0.1) is 12.1 Å². The molecular formula is C19H18ClN3O3S. The number of rotatable bonds is 5. The highest BCUT2D eigenvalue weighted by Gasteiger charge is 2.25. The molecule has 0 aliphatic heterocycles. The monoisotopic (exact) mass is 403 g/mol. The van der Waals surface area contributed by atoms with E-state index in [1.165, 1.54) is 19.3 Å². The number of halogens is 1. The third-order valence-corrected chi connectivity index (χ3v) is 6.35. The standard InChI is InChI=1S/C19H18ClN3O3S/c1-13-8-9-15(11-16(13)20)22-18(24)12-23(2)27(25,26)17-7-3-5-14-6-4-10-21-19(14)17/h3-11H,12H2,1-2H3,(H,22,24). The fraction of sp³-hybridized carbons (Fsp3) is 0.158. The SMILES string of the molecule is Cc1ccc(NC(=O)CN(C)S(=O)(=O)c2cccc3cccnc23)cc1Cl. The quantitative estimate of drug-likeness (QED) is 0.707. The predicted molar refractivity (Wildman–Crippen MR) is 106 cm³/mol. The maximum absolute atomic E-state index is 12.9. The van der Waals surface area contributed by atoms with Crippen molar-refractivity contribution in [3.05, 3.63) is 65.3 Å². The molecule has 8 heteroatoms. The highest BCUT2D eigenvalue weighted by atomic mass is 35.5. The van der Waals surface area contributed by atoms with Crippen molar-refractivity contribution in [1.82, 2.24) is 9.29 Å². The summed E-state index contributed by atoms with van der Waals surface area (Å²) in [5, 5.41) is 3.89. The summed E-state index contributed by atoms with van der Waals surface area (Å²) in [6.45, 7) is 1.52. The fourth-order valence-electron chi connectivity index (χ4n) is 2.61. The zero-order chi connectivity index (χ0) is 19.6. The first-order chi connectivity index (χ1) is 12.8. The number of benzene rings is 2. The highest BCUT2D eigenvalue weighted by molar-refractivity contribution is 7.89. The Morgan fingerprint density at radius 3 is 2.67 bits per heavy atom. The van der Waals surface area contributed by atoms with Crippen LogP contribution < -0.4 is 5.32 Å². The molecule has 0 radical (unpaired) electrons. The highest BCUT2D eigenvalue weighted by Crippen LogP contribution is 2.23. The molecule has 0 unspecified atom stereocenters. The van der Waals surface area contributed by atoms with Gasteiger partial charge in [0.1, 0.15) is 4.90 Å². The summed E-state index contributed by atoms with van der Waals surface area (Å²) in [5.74, 6) is -0.464. The van der Waals surface area contributed by atoms with Gasteiger partial charge < -0.3 is 5.32 Å². The number of aromatic nitrogens is 1. The number of hydrogen-bond acceptors (Lipinski definition) is 4. The molecule has 1 N–H and O–H groups in total. The number of likely N-dealkylation sites (N-methyl/N-ethyl adjacent to an activating group) is 1. The molecule has 1 amide bonds. The summed E-state index contributed by atoms with van der Waals surface area (Å²) in [6, 6.07) is 13.6. The minimum absolute atomic E-state index is 0.0641. The van der Waals surface area contributed by atoms with E-state index in [0.29, 0.717) is 21.6 Å². The van der Waals surface area contributed by atoms with Gasteiger partial charge in [0.2, 0.25) is 15.9 Å². The van der Waals surface area contributed by atoms with Crippen LogP contribution in [0.4, 0.5) is 5.69 Å². The number of para-hydroxylation sites is 1. The Morgan fingerprint density at radius 1 is 1.19 bits per heavy atom. The van der Waals surface area contributed by atoms with Gasteiger partial charge in [-0.3, -0.25) is 9.78 Å². The Bertz CT molecular complexity index is 1110. The Morgan fingerprint density at radius 2 is 1.93 bits per heavy atom. The second-order valence-corrected chi connectivity index (χ2v) is 8.52. The van der Waals surface area contributed by atoms with Crippen LogP contribution in [0.2, 0.25) is 5.02 Å². The molecule has 140 valence electrons. The number of pyridine rings is 1. The van der Waals surface area contributed by atoms with Gasteiger partial charge in [0, 0.05) is 29.3 Å². The second kappa shape index (κ2) is 7.64. The summed E-state index contributed by atoms with van der Waals surface area (Å²) in [5.41, 5.74) is 1.77. The number of carbonyl (C=O) groups excluding carboxylic acids is 1. The second-order valence-electron chi connectivity index (χ2n) is 6.10. The van der Waals surface area contributed by atoms with Gasteiger partial charge in [-0.25, -0.2) is 8.42 Å². The van der Waals surface area contributed by atoms with Crippen molar-refractivity contribution in [2.75, 3.05) is 18.9 Å². The largest absolute Gasteiger partial charge is 0.325 e. The third kappa shape index (κ3) is 4.10. The summed E-state index contributed by atoms with van der Waals surface area (Å²) in [7, 11) is -2.52. The number of nitrogens with one attached hydrogen (secondary N) is 1.